The van der Waals surface area contributed by atoms with Crippen LogP contribution in [0.25, 0.3) is 0 Å². The van der Waals surface area contributed by atoms with Crippen molar-refractivity contribution in [1.29, 1.82) is 0 Å². The molecule has 0 heterocycles. The molecule has 1 aromatic carbocycles. The van der Waals surface area contributed by atoms with Gasteiger partial charge in [0.25, 0.3) is 6.43 Å². The Morgan fingerprint density at radius 1 is 1.22 bits per heavy atom. The van der Waals surface area contributed by atoms with Gasteiger partial charge in [-0.3, -0.25) is 0 Å². The monoisotopic (exact) mass is 266 g/mol. The van der Waals surface area contributed by atoms with Gasteiger partial charge in [0.1, 0.15) is 5.54 Å². The first-order valence-corrected chi connectivity index (χ1v) is 5.28. The van der Waals surface area contributed by atoms with Gasteiger partial charge in [0.2, 0.25) is 0 Å². The van der Waals surface area contributed by atoms with E-state index in [1.807, 2.05) is 0 Å². The molecule has 1 fully saturated rings. The van der Waals surface area contributed by atoms with Gasteiger partial charge in [0.05, 0.1) is 0 Å². The Morgan fingerprint density at radius 2 is 1.83 bits per heavy atom. The molecule has 0 aromatic heterocycles. The van der Waals surface area contributed by atoms with Crippen molar-refractivity contribution in [2.45, 2.75) is 31.0 Å². The Labute approximate surface area is 100.0 Å². The highest BCUT2D eigenvalue weighted by Crippen LogP contribution is 2.51. The minimum absolute atomic E-state index is 0.0905. The van der Waals surface area contributed by atoms with Gasteiger partial charge in [-0.15, -0.1) is 0 Å². The summed E-state index contributed by atoms with van der Waals surface area (Å²) in [5, 5.41) is 2.19. The second-order valence-electron chi connectivity index (χ2n) is 4.35. The smallest absolute Gasteiger partial charge is 0.399 e. The largest absolute Gasteiger partial charge is 0.411 e. The van der Waals surface area contributed by atoms with Gasteiger partial charge in [-0.1, -0.05) is 0 Å². The van der Waals surface area contributed by atoms with Gasteiger partial charge in [0.15, 0.2) is 0 Å². The van der Waals surface area contributed by atoms with E-state index in [0.29, 0.717) is 0 Å². The van der Waals surface area contributed by atoms with Gasteiger partial charge in [-0.05, 0) is 31.0 Å². The maximum atomic E-state index is 12.7. The van der Waals surface area contributed by atoms with Crippen LogP contribution in [-0.4, -0.2) is 11.7 Å². The molecule has 0 amide bonds. The van der Waals surface area contributed by atoms with Crippen LogP contribution in [0, 0.1) is 0 Å². The second kappa shape index (κ2) is 4.00. The van der Waals surface area contributed by atoms with Gasteiger partial charge in [-0.2, -0.15) is 13.2 Å². The van der Waals surface area contributed by atoms with E-state index in [-0.39, 0.29) is 24.2 Å². The zero-order valence-electron chi connectivity index (χ0n) is 9.19. The highest BCUT2D eigenvalue weighted by Gasteiger charge is 2.63. The van der Waals surface area contributed by atoms with Gasteiger partial charge < -0.3 is 11.1 Å². The maximum Gasteiger partial charge on any atom is 0.411 e. The summed E-state index contributed by atoms with van der Waals surface area (Å²) in [5.74, 6) is 0. The third-order valence-electron chi connectivity index (χ3n) is 2.98. The number of alkyl halides is 5. The van der Waals surface area contributed by atoms with Crippen LogP contribution in [0.2, 0.25) is 0 Å². The average molecular weight is 266 g/mol. The molecule has 1 saturated carbocycles. The average Bonchev–Trinajstić information content (AvgIpc) is 3.00. The maximum absolute atomic E-state index is 12.7. The summed E-state index contributed by atoms with van der Waals surface area (Å²) in [4.78, 5) is 0. The lowest BCUT2D eigenvalue weighted by molar-refractivity contribution is -0.151. The van der Waals surface area contributed by atoms with Crippen LogP contribution in [0.3, 0.4) is 0 Å². The summed E-state index contributed by atoms with van der Waals surface area (Å²) in [6.45, 7) is 0. The van der Waals surface area contributed by atoms with Crippen LogP contribution < -0.4 is 11.1 Å². The number of anilines is 2. The van der Waals surface area contributed by atoms with E-state index >= 15 is 0 Å². The molecule has 1 aliphatic rings. The van der Waals surface area contributed by atoms with Crippen molar-refractivity contribution in [3.63, 3.8) is 0 Å². The third-order valence-corrected chi connectivity index (χ3v) is 2.98. The van der Waals surface area contributed by atoms with Crippen LogP contribution >= 0.6 is 0 Å². The first-order valence-electron chi connectivity index (χ1n) is 5.28. The second-order valence-corrected chi connectivity index (χ2v) is 4.35. The standard InChI is InChI=1S/C11H11F5N2/c12-9(13)7-5-6(17)1-2-8(7)18-10(3-4-10)11(14,15)16/h1-2,5,9,18H,3-4,17H2. The van der Waals surface area contributed by atoms with Crippen molar-refractivity contribution in [3.8, 4) is 0 Å². The Kier molecular flexibility index (Phi) is 2.87. The Morgan fingerprint density at radius 3 is 2.28 bits per heavy atom. The van der Waals surface area contributed by atoms with E-state index in [1.54, 1.807) is 0 Å². The summed E-state index contributed by atoms with van der Waals surface area (Å²) in [6, 6.07) is 3.43. The molecule has 0 saturated heterocycles. The topological polar surface area (TPSA) is 38.0 Å². The van der Waals surface area contributed by atoms with Crippen LogP contribution in [0.15, 0.2) is 18.2 Å². The molecule has 0 unspecified atom stereocenters. The molecule has 0 bridgehead atoms. The Hall–Kier alpha value is -1.53. The summed E-state index contributed by atoms with van der Waals surface area (Å²) < 4.78 is 63.6. The third kappa shape index (κ3) is 2.21. The molecule has 0 radical (unpaired) electrons. The van der Waals surface area contributed by atoms with E-state index in [9.17, 15) is 22.0 Å². The fourth-order valence-electron chi connectivity index (χ4n) is 1.74. The predicted molar refractivity (Wildman–Crippen MR) is 57.5 cm³/mol. The molecule has 0 atom stereocenters. The SMILES string of the molecule is Nc1ccc(NC2(C(F)(F)F)CC2)c(C(F)F)c1. The lowest BCUT2D eigenvalue weighted by Crippen LogP contribution is -2.38. The normalized spacial score (nSPS) is 17.9. The van der Waals surface area contributed by atoms with E-state index in [0.717, 1.165) is 12.1 Å². The Bertz CT molecular complexity index is 451. The van der Waals surface area contributed by atoms with Crippen LogP contribution in [0.1, 0.15) is 24.8 Å². The molecule has 3 N–H and O–H groups in total. The number of rotatable bonds is 3. The molecule has 1 aromatic rings. The lowest BCUT2D eigenvalue weighted by atomic mass is 10.1. The summed E-state index contributed by atoms with van der Waals surface area (Å²) in [6.07, 6.45) is -7.54. The number of benzene rings is 1. The molecular weight excluding hydrogens is 255 g/mol. The van der Waals surface area contributed by atoms with Crippen molar-refractivity contribution >= 4 is 11.4 Å². The first-order chi connectivity index (χ1) is 8.25. The summed E-state index contributed by atoms with van der Waals surface area (Å²) in [7, 11) is 0. The zero-order chi connectivity index (χ0) is 13.6. The molecule has 0 spiro atoms. The van der Waals surface area contributed by atoms with Crippen LogP contribution in [-0.2, 0) is 0 Å². The van der Waals surface area contributed by atoms with Crippen molar-refractivity contribution in [1.82, 2.24) is 0 Å². The van der Waals surface area contributed by atoms with Gasteiger partial charge >= 0.3 is 6.18 Å². The summed E-state index contributed by atoms with van der Waals surface area (Å²) in [5.41, 5.74) is 2.65. The van der Waals surface area contributed by atoms with Crippen molar-refractivity contribution in [3.05, 3.63) is 23.8 Å². The number of halogens is 5. The van der Waals surface area contributed by atoms with Crippen LogP contribution in [0.5, 0.6) is 0 Å². The number of nitrogens with two attached hydrogens (primary N) is 1. The van der Waals surface area contributed by atoms with Crippen LogP contribution in [0.4, 0.5) is 33.3 Å². The number of nitrogens with one attached hydrogen (secondary N) is 1. The molecule has 1 aliphatic carbocycles. The fourth-order valence-corrected chi connectivity index (χ4v) is 1.74. The molecule has 0 aliphatic heterocycles. The Balaban J connectivity index is 2.30. The molecule has 100 valence electrons. The molecule has 7 heteroatoms. The zero-order valence-corrected chi connectivity index (χ0v) is 9.19. The van der Waals surface area contributed by atoms with Gasteiger partial charge in [0, 0.05) is 16.9 Å². The first kappa shape index (κ1) is 12.9. The highest BCUT2D eigenvalue weighted by atomic mass is 19.4. The van der Waals surface area contributed by atoms with Crippen molar-refractivity contribution in [2.24, 2.45) is 0 Å². The molecule has 18 heavy (non-hydrogen) atoms. The molecular formula is C11H11F5N2. The van der Waals surface area contributed by atoms with E-state index in [1.165, 1.54) is 6.07 Å². The lowest BCUT2D eigenvalue weighted by Gasteiger charge is -2.23. The number of hydrogen-bond acceptors (Lipinski definition) is 2. The number of hydrogen-bond donors (Lipinski definition) is 2. The van der Waals surface area contributed by atoms with E-state index < -0.39 is 23.7 Å². The van der Waals surface area contributed by atoms with E-state index in [2.05, 4.69) is 5.32 Å². The van der Waals surface area contributed by atoms with Crippen molar-refractivity contribution in [2.75, 3.05) is 11.1 Å². The highest BCUT2D eigenvalue weighted by molar-refractivity contribution is 5.60. The minimum atomic E-state index is -4.45. The van der Waals surface area contributed by atoms with Gasteiger partial charge in [-0.25, -0.2) is 8.78 Å². The number of nitrogen functional groups attached to an aromatic ring is 1. The van der Waals surface area contributed by atoms with Crippen molar-refractivity contribution < 1.29 is 22.0 Å². The summed E-state index contributed by atoms with van der Waals surface area (Å²) >= 11 is 0. The van der Waals surface area contributed by atoms with E-state index in [4.69, 9.17) is 5.73 Å². The fraction of sp³-hybridized carbons (Fsp3) is 0.455. The minimum Gasteiger partial charge on any atom is -0.399 e. The predicted octanol–water partition coefficient (Wildman–Crippen LogP) is 3.71. The molecule has 2 nitrogen and oxygen atoms in total. The quantitative estimate of drug-likeness (QED) is 0.646. The molecule has 2 rings (SSSR count).